The van der Waals surface area contributed by atoms with Crippen molar-refractivity contribution in [3.63, 3.8) is 0 Å². The predicted molar refractivity (Wildman–Crippen MR) is 102 cm³/mol. The Morgan fingerprint density at radius 1 is 1.16 bits per heavy atom. The van der Waals surface area contributed by atoms with Gasteiger partial charge in [-0.05, 0) is 39.5 Å². The monoisotopic (exact) mass is 377 g/mol. The van der Waals surface area contributed by atoms with Gasteiger partial charge in [-0.2, -0.15) is 0 Å². The van der Waals surface area contributed by atoms with E-state index in [0.717, 1.165) is 11.8 Å². The van der Waals surface area contributed by atoms with Crippen molar-refractivity contribution in [1.29, 1.82) is 0 Å². The molecule has 1 amide bonds. The number of aliphatic hydroxyl groups is 1. The molecule has 0 saturated heterocycles. The van der Waals surface area contributed by atoms with Gasteiger partial charge >= 0.3 is 0 Å². The third kappa shape index (κ3) is 11.6. The maximum absolute atomic E-state index is 12.5. The van der Waals surface area contributed by atoms with Crippen LogP contribution in [-0.2, 0) is 19.1 Å². The lowest BCUT2D eigenvalue weighted by Gasteiger charge is -2.30. The molecule has 7 heteroatoms. The number of amides is 1. The molecule has 1 atom stereocenters. The molecule has 0 aliphatic rings. The smallest absolute Gasteiger partial charge is 0.246 e. The van der Waals surface area contributed by atoms with Crippen LogP contribution < -0.4 is 5.32 Å². The Balaban J connectivity index is 4.49. The van der Waals surface area contributed by atoms with Crippen LogP contribution in [0.2, 0.25) is 0 Å². The number of ether oxygens (including phenoxy) is 2. The second kappa shape index (κ2) is 11.2. The second-order valence-electron chi connectivity index (χ2n) is 7.98. The molecule has 0 aromatic carbocycles. The van der Waals surface area contributed by atoms with Crippen LogP contribution in [0, 0.1) is 5.41 Å². The molecule has 148 valence electrons. The minimum absolute atomic E-state index is 0.0386. The zero-order valence-electron chi connectivity index (χ0n) is 16.7. The molecule has 0 aromatic rings. The van der Waals surface area contributed by atoms with E-state index < -0.39 is 17.1 Å². The molecule has 0 fully saturated rings. The molecule has 0 saturated carbocycles. The van der Waals surface area contributed by atoms with Crippen LogP contribution in [0.15, 0.2) is 0 Å². The van der Waals surface area contributed by atoms with Crippen molar-refractivity contribution in [2.75, 3.05) is 25.6 Å². The van der Waals surface area contributed by atoms with Crippen molar-refractivity contribution in [2.24, 2.45) is 5.41 Å². The van der Waals surface area contributed by atoms with Crippen molar-refractivity contribution >= 4 is 22.8 Å². The third-order valence-corrected chi connectivity index (χ3v) is 4.38. The van der Waals surface area contributed by atoms with Gasteiger partial charge in [-0.3, -0.25) is 9.59 Å². The Bertz CT molecular complexity index is 418. The highest BCUT2D eigenvalue weighted by Gasteiger charge is 2.33. The van der Waals surface area contributed by atoms with Crippen molar-refractivity contribution in [2.45, 2.75) is 72.6 Å². The average Bonchev–Trinajstić information content (AvgIpc) is 2.45. The predicted octanol–water partition coefficient (Wildman–Crippen LogP) is 2.38. The molecular weight excluding hydrogens is 342 g/mol. The second-order valence-corrected chi connectivity index (χ2v) is 9.07. The van der Waals surface area contributed by atoms with Gasteiger partial charge in [0.25, 0.3) is 0 Å². The van der Waals surface area contributed by atoms with Crippen molar-refractivity contribution in [1.82, 2.24) is 5.32 Å². The number of hydrogen-bond acceptors (Lipinski definition) is 6. The van der Waals surface area contributed by atoms with Crippen LogP contribution in [0.5, 0.6) is 0 Å². The van der Waals surface area contributed by atoms with Crippen molar-refractivity contribution < 1.29 is 24.2 Å². The van der Waals surface area contributed by atoms with Gasteiger partial charge in [-0.25, -0.2) is 0 Å². The molecule has 0 radical (unpaired) electrons. The van der Waals surface area contributed by atoms with E-state index in [-0.39, 0.29) is 30.3 Å². The van der Waals surface area contributed by atoms with Crippen molar-refractivity contribution in [3.05, 3.63) is 0 Å². The lowest BCUT2D eigenvalue weighted by Crippen LogP contribution is -2.49. The van der Waals surface area contributed by atoms with E-state index in [2.05, 4.69) is 5.32 Å². The first-order valence-corrected chi connectivity index (χ1v) is 9.70. The molecule has 0 bridgehead atoms. The Morgan fingerprint density at radius 3 is 2.24 bits per heavy atom. The molecule has 1 unspecified atom stereocenters. The molecule has 0 rings (SSSR count). The average molecular weight is 378 g/mol. The number of rotatable bonds is 11. The highest BCUT2D eigenvalue weighted by atomic mass is 32.2. The van der Waals surface area contributed by atoms with Crippen LogP contribution >= 0.6 is 11.8 Å². The van der Waals surface area contributed by atoms with Gasteiger partial charge in [-0.15, -0.1) is 0 Å². The number of aliphatic hydroxyl groups excluding tert-OH is 1. The first-order chi connectivity index (χ1) is 11.4. The summed E-state index contributed by atoms with van der Waals surface area (Å²) in [6.45, 7) is 13.7. The van der Waals surface area contributed by atoms with E-state index in [1.54, 1.807) is 0 Å². The number of hydrogen-bond donors (Lipinski definition) is 2. The fraction of sp³-hybridized carbons (Fsp3) is 0.889. The molecule has 0 spiro atoms. The number of carbonyl (C=O) groups excluding carboxylic acids is 2. The van der Waals surface area contributed by atoms with E-state index in [4.69, 9.17) is 14.6 Å². The highest BCUT2D eigenvalue weighted by molar-refractivity contribution is 8.13. The minimum Gasteiger partial charge on any atom is -0.396 e. The van der Waals surface area contributed by atoms with E-state index in [1.807, 2.05) is 48.5 Å². The summed E-state index contributed by atoms with van der Waals surface area (Å²) >= 11 is 1.15. The molecular formula is C18H35NO5S. The fourth-order valence-electron chi connectivity index (χ4n) is 1.96. The van der Waals surface area contributed by atoms with Crippen LogP contribution in [0.4, 0.5) is 0 Å². The van der Waals surface area contributed by atoms with Gasteiger partial charge in [0, 0.05) is 12.4 Å². The quantitative estimate of drug-likeness (QED) is 0.538. The van der Waals surface area contributed by atoms with E-state index >= 15 is 0 Å². The molecule has 0 aliphatic carbocycles. The lowest BCUT2D eigenvalue weighted by atomic mass is 9.87. The van der Waals surface area contributed by atoms with Gasteiger partial charge in [0.05, 0.1) is 18.3 Å². The molecule has 2 N–H and O–H groups in total. The Morgan fingerprint density at radius 2 is 1.76 bits per heavy atom. The molecule has 6 nitrogen and oxygen atoms in total. The van der Waals surface area contributed by atoms with Crippen LogP contribution in [0.1, 0.15) is 54.9 Å². The topological polar surface area (TPSA) is 84.9 Å². The Labute approximate surface area is 156 Å². The summed E-state index contributed by atoms with van der Waals surface area (Å²) in [4.78, 5) is 24.5. The van der Waals surface area contributed by atoms with Gasteiger partial charge in [0.1, 0.15) is 12.6 Å². The van der Waals surface area contributed by atoms with E-state index in [9.17, 15) is 9.59 Å². The Kier molecular flexibility index (Phi) is 10.9. The van der Waals surface area contributed by atoms with E-state index in [0.29, 0.717) is 18.8 Å². The summed E-state index contributed by atoms with van der Waals surface area (Å²) in [7, 11) is 0. The summed E-state index contributed by atoms with van der Waals surface area (Å²) in [6.07, 6.45) is 0.505. The molecule has 0 aromatic heterocycles. The highest BCUT2D eigenvalue weighted by Crippen LogP contribution is 2.24. The zero-order chi connectivity index (χ0) is 19.7. The maximum atomic E-state index is 12.5. The number of carbonyl (C=O) groups is 2. The molecule has 0 heterocycles. The van der Waals surface area contributed by atoms with Crippen LogP contribution in [0.25, 0.3) is 0 Å². The van der Waals surface area contributed by atoms with E-state index in [1.165, 1.54) is 0 Å². The number of nitrogens with one attached hydrogen (secondary N) is 1. The van der Waals surface area contributed by atoms with Crippen LogP contribution in [-0.4, -0.2) is 59.4 Å². The van der Waals surface area contributed by atoms with Crippen molar-refractivity contribution in [3.8, 4) is 0 Å². The summed E-state index contributed by atoms with van der Waals surface area (Å²) in [6, 6.07) is -0.591. The SMILES string of the molecule is CC(C)OCC(=O)NC(C(=O)SCCOC(C)(C)CCO)C(C)(C)C. The molecule has 25 heavy (non-hydrogen) atoms. The normalized spacial score (nSPS) is 13.8. The van der Waals surface area contributed by atoms with Crippen LogP contribution in [0.3, 0.4) is 0 Å². The maximum Gasteiger partial charge on any atom is 0.246 e. The first-order valence-electron chi connectivity index (χ1n) is 8.71. The summed E-state index contributed by atoms with van der Waals surface area (Å²) < 4.78 is 11.0. The van der Waals surface area contributed by atoms with Gasteiger partial charge in [0.2, 0.25) is 11.0 Å². The number of thioether (sulfide) groups is 1. The van der Waals surface area contributed by atoms with Gasteiger partial charge in [-0.1, -0.05) is 32.5 Å². The lowest BCUT2D eigenvalue weighted by molar-refractivity contribution is -0.131. The summed E-state index contributed by atoms with van der Waals surface area (Å²) in [5.74, 6) is 0.210. The largest absolute Gasteiger partial charge is 0.396 e. The summed E-state index contributed by atoms with van der Waals surface area (Å²) in [5.41, 5.74) is -0.807. The Hall–Kier alpha value is -0.630. The third-order valence-electron chi connectivity index (χ3n) is 3.49. The standard InChI is InChI=1S/C18H35NO5S/c1-13(2)23-12-14(21)19-15(17(3,4)5)16(22)25-11-10-24-18(6,7)8-9-20/h13,15,20H,8-12H2,1-7H3,(H,19,21). The first kappa shape index (κ1) is 24.4. The summed E-state index contributed by atoms with van der Waals surface area (Å²) in [5, 5.41) is 11.7. The molecule has 0 aliphatic heterocycles. The van der Waals surface area contributed by atoms with Gasteiger partial charge in [0.15, 0.2) is 0 Å². The minimum atomic E-state index is -0.591. The zero-order valence-corrected chi connectivity index (χ0v) is 17.5. The van der Waals surface area contributed by atoms with Gasteiger partial charge < -0.3 is 19.9 Å². The fourth-order valence-corrected chi connectivity index (χ4v) is 2.91.